The molecule has 0 aliphatic heterocycles. The summed E-state index contributed by atoms with van der Waals surface area (Å²) < 4.78 is 10.2. The van der Waals surface area contributed by atoms with Crippen LogP contribution >= 0.6 is 0 Å². The van der Waals surface area contributed by atoms with Gasteiger partial charge >= 0.3 is 0 Å². The van der Waals surface area contributed by atoms with Crippen LogP contribution < -0.4 is 10.5 Å². The van der Waals surface area contributed by atoms with Gasteiger partial charge in [0.15, 0.2) is 5.84 Å². The van der Waals surface area contributed by atoms with Gasteiger partial charge in [0, 0.05) is 24.4 Å². The summed E-state index contributed by atoms with van der Waals surface area (Å²) in [6.45, 7) is 2.69. The molecular formula is C10H15N3O3. The van der Waals surface area contributed by atoms with Crippen LogP contribution in [0.15, 0.2) is 17.3 Å². The van der Waals surface area contributed by atoms with Crippen LogP contribution in [0.2, 0.25) is 0 Å². The second-order valence-corrected chi connectivity index (χ2v) is 3.16. The van der Waals surface area contributed by atoms with Crippen molar-refractivity contribution >= 4 is 5.84 Å². The van der Waals surface area contributed by atoms with Crippen LogP contribution in [0.1, 0.15) is 11.3 Å². The van der Waals surface area contributed by atoms with Gasteiger partial charge in [-0.15, -0.1) is 0 Å². The molecule has 6 nitrogen and oxygen atoms in total. The Balaban J connectivity index is 2.82. The van der Waals surface area contributed by atoms with Gasteiger partial charge in [-0.2, -0.15) is 0 Å². The van der Waals surface area contributed by atoms with E-state index in [1.165, 1.54) is 0 Å². The van der Waals surface area contributed by atoms with E-state index >= 15 is 0 Å². The van der Waals surface area contributed by atoms with Crippen molar-refractivity contribution in [2.24, 2.45) is 10.9 Å². The Morgan fingerprint density at radius 1 is 1.50 bits per heavy atom. The summed E-state index contributed by atoms with van der Waals surface area (Å²) in [5.74, 6) is 0.459. The summed E-state index contributed by atoms with van der Waals surface area (Å²) in [5, 5.41) is 11.5. The standard InChI is InChI=1S/C10H15N3O3/c1-7-5-8(10(11)13-14)6-9(12-7)16-4-3-15-2/h5-6,14H,3-4H2,1-2H3,(H2,11,13). The molecule has 1 rings (SSSR count). The van der Waals surface area contributed by atoms with E-state index in [-0.39, 0.29) is 5.84 Å². The lowest BCUT2D eigenvalue weighted by molar-refractivity contribution is 0.143. The minimum Gasteiger partial charge on any atom is -0.475 e. The summed E-state index contributed by atoms with van der Waals surface area (Å²) in [6.07, 6.45) is 0. The summed E-state index contributed by atoms with van der Waals surface area (Å²) in [5.41, 5.74) is 6.78. The summed E-state index contributed by atoms with van der Waals surface area (Å²) >= 11 is 0. The van der Waals surface area contributed by atoms with Crippen LogP contribution in [0.4, 0.5) is 0 Å². The number of aryl methyl sites for hydroxylation is 1. The molecule has 0 aliphatic rings. The topological polar surface area (TPSA) is 90.0 Å². The molecule has 1 heterocycles. The lowest BCUT2D eigenvalue weighted by atomic mass is 10.2. The van der Waals surface area contributed by atoms with Crippen LogP contribution in [0.25, 0.3) is 0 Å². The fourth-order valence-corrected chi connectivity index (χ4v) is 1.15. The van der Waals surface area contributed by atoms with Crippen molar-refractivity contribution in [1.82, 2.24) is 4.98 Å². The van der Waals surface area contributed by atoms with Crippen LogP contribution in [-0.2, 0) is 4.74 Å². The molecule has 3 N–H and O–H groups in total. The van der Waals surface area contributed by atoms with Crippen LogP contribution in [-0.4, -0.2) is 36.4 Å². The molecule has 0 amide bonds. The van der Waals surface area contributed by atoms with Gasteiger partial charge < -0.3 is 20.4 Å². The van der Waals surface area contributed by atoms with Crippen LogP contribution in [0, 0.1) is 6.92 Å². The molecule has 0 radical (unpaired) electrons. The summed E-state index contributed by atoms with van der Waals surface area (Å²) in [7, 11) is 1.59. The smallest absolute Gasteiger partial charge is 0.214 e. The Morgan fingerprint density at radius 3 is 2.88 bits per heavy atom. The Kier molecular flexibility index (Phi) is 4.53. The number of rotatable bonds is 5. The summed E-state index contributed by atoms with van der Waals surface area (Å²) in [6, 6.07) is 3.32. The lowest BCUT2D eigenvalue weighted by Gasteiger charge is -2.07. The third kappa shape index (κ3) is 3.39. The molecule has 0 aliphatic carbocycles. The first kappa shape index (κ1) is 12.3. The minimum atomic E-state index is 0.0297. The third-order valence-electron chi connectivity index (χ3n) is 1.87. The molecule has 0 atom stereocenters. The van der Waals surface area contributed by atoms with E-state index in [9.17, 15) is 0 Å². The fraction of sp³-hybridized carbons (Fsp3) is 0.400. The predicted octanol–water partition coefficient (Wildman–Crippen LogP) is 0.510. The van der Waals surface area contributed by atoms with Gasteiger partial charge in [0.05, 0.1) is 6.61 Å². The Labute approximate surface area is 93.7 Å². The van der Waals surface area contributed by atoms with Crippen LogP contribution in [0.3, 0.4) is 0 Å². The predicted molar refractivity (Wildman–Crippen MR) is 58.9 cm³/mol. The Morgan fingerprint density at radius 2 is 2.25 bits per heavy atom. The van der Waals surface area contributed by atoms with Gasteiger partial charge in [-0.3, -0.25) is 0 Å². The number of hydrogen-bond donors (Lipinski definition) is 2. The lowest BCUT2D eigenvalue weighted by Crippen LogP contribution is -2.14. The molecular weight excluding hydrogens is 210 g/mol. The average Bonchev–Trinajstić information content (AvgIpc) is 2.27. The quantitative estimate of drug-likeness (QED) is 0.250. The number of nitrogens with two attached hydrogens (primary N) is 1. The third-order valence-corrected chi connectivity index (χ3v) is 1.87. The highest BCUT2D eigenvalue weighted by molar-refractivity contribution is 5.97. The van der Waals surface area contributed by atoms with E-state index in [0.717, 1.165) is 5.69 Å². The highest BCUT2D eigenvalue weighted by Crippen LogP contribution is 2.12. The maximum atomic E-state index is 8.57. The highest BCUT2D eigenvalue weighted by Gasteiger charge is 2.04. The zero-order valence-electron chi connectivity index (χ0n) is 9.30. The van der Waals surface area contributed by atoms with E-state index in [1.807, 2.05) is 0 Å². The number of pyridine rings is 1. The molecule has 0 aromatic carbocycles. The van der Waals surface area contributed by atoms with Crippen molar-refractivity contribution in [3.8, 4) is 5.88 Å². The highest BCUT2D eigenvalue weighted by atomic mass is 16.5. The van der Waals surface area contributed by atoms with E-state index in [2.05, 4.69) is 10.1 Å². The largest absolute Gasteiger partial charge is 0.475 e. The number of oxime groups is 1. The molecule has 0 bridgehead atoms. The van der Waals surface area contributed by atoms with Crippen molar-refractivity contribution in [2.75, 3.05) is 20.3 Å². The van der Waals surface area contributed by atoms with Gasteiger partial charge in [0.1, 0.15) is 6.61 Å². The average molecular weight is 225 g/mol. The first-order valence-electron chi connectivity index (χ1n) is 4.75. The first-order chi connectivity index (χ1) is 7.67. The number of methoxy groups -OCH3 is 1. The first-order valence-corrected chi connectivity index (χ1v) is 4.75. The summed E-state index contributed by atoms with van der Waals surface area (Å²) in [4.78, 5) is 4.15. The van der Waals surface area contributed by atoms with Crippen molar-refractivity contribution in [2.45, 2.75) is 6.92 Å². The van der Waals surface area contributed by atoms with Crippen molar-refractivity contribution in [1.29, 1.82) is 0 Å². The second kappa shape index (κ2) is 5.92. The maximum Gasteiger partial charge on any atom is 0.214 e. The van der Waals surface area contributed by atoms with Crippen LogP contribution in [0.5, 0.6) is 5.88 Å². The van der Waals surface area contributed by atoms with Gasteiger partial charge in [0.2, 0.25) is 5.88 Å². The zero-order chi connectivity index (χ0) is 12.0. The molecule has 0 spiro atoms. The van der Waals surface area contributed by atoms with Crippen molar-refractivity contribution in [3.63, 3.8) is 0 Å². The second-order valence-electron chi connectivity index (χ2n) is 3.16. The van der Waals surface area contributed by atoms with E-state index < -0.39 is 0 Å². The number of nitrogens with zero attached hydrogens (tertiary/aromatic N) is 2. The Hall–Kier alpha value is -1.82. The molecule has 0 saturated heterocycles. The number of ether oxygens (including phenoxy) is 2. The molecule has 88 valence electrons. The van der Waals surface area contributed by atoms with E-state index in [0.29, 0.717) is 24.7 Å². The molecule has 0 saturated carbocycles. The van der Waals surface area contributed by atoms with E-state index in [4.69, 9.17) is 20.4 Å². The fourth-order valence-electron chi connectivity index (χ4n) is 1.15. The SMILES string of the molecule is COCCOc1cc(/C(N)=N/O)cc(C)n1. The molecule has 0 fully saturated rings. The maximum absolute atomic E-state index is 8.57. The van der Waals surface area contributed by atoms with Crippen molar-refractivity contribution in [3.05, 3.63) is 23.4 Å². The molecule has 0 unspecified atom stereocenters. The Bertz CT molecular complexity index is 380. The molecule has 1 aromatic heterocycles. The van der Waals surface area contributed by atoms with Gasteiger partial charge in [-0.25, -0.2) is 4.98 Å². The minimum absolute atomic E-state index is 0.0297. The molecule has 16 heavy (non-hydrogen) atoms. The number of hydrogen-bond acceptors (Lipinski definition) is 5. The number of amidine groups is 1. The normalized spacial score (nSPS) is 11.5. The van der Waals surface area contributed by atoms with E-state index in [1.54, 1.807) is 26.2 Å². The van der Waals surface area contributed by atoms with Crippen molar-refractivity contribution < 1.29 is 14.7 Å². The monoisotopic (exact) mass is 225 g/mol. The van der Waals surface area contributed by atoms with Gasteiger partial charge in [-0.05, 0) is 13.0 Å². The molecule has 1 aromatic rings. The molecule has 6 heteroatoms. The van der Waals surface area contributed by atoms with Gasteiger partial charge in [-0.1, -0.05) is 5.16 Å². The number of aromatic nitrogens is 1. The van der Waals surface area contributed by atoms with Gasteiger partial charge in [0.25, 0.3) is 0 Å². The zero-order valence-corrected chi connectivity index (χ0v) is 9.30.